The van der Waals surface area contributed by atoms with Gasteiger partial charge in [0.15, 0.2) is 0 Å². The number of carbonyl (C=O) groups is 4. The Balaban J connectivity index is 0.725. The first kappa shape index (κ1) is 39.2. The van der Waals surface area contributed by atoms with Crippen LogP contribution in [0.5, 0.6) is 5.75 Å². The molecule has 11 heteroatoms. The predicted molar refractivity (Wildman–Crippen MR) is 238 cm³/mol. The van der Waals surface area contributed by atoms with Crippen LogP contribution in [0.2, 0.25) is 0 Å². The van der Waals surface area contributed by atoms with Crippen molar-refractivity contribution in [3.8, 4) is 5.75 Å². The quantitative estimate of drug-likeness (QED) is 0.241. The zero-order valence-electron chi connectivity index (χ0n) is 36.1. The van der Waals surface area contributed by atoms with E-state index in [0.29, 0.717) is 68.9 Å². The lowest BCUT2D eigenvalue weighted by Crippen LogP contribution is -2.59. The molecule has 1 aliphatic carbocycles. The third-order valence-electron chi connectivity index (χ3n) is 15.8. The molecule has 4 fully saturated rings. The predicted octanol–water partition coefficient (Wildman–Crippen LogP) is 5.88. The maximum Gasteiger partial charge on any atom is 0.255 e. The Bertz CT molecular complexity index is 2470. The number of ether oxygens (including phenoxy) is 1. The zero-order valence-corrected chi connectivity index (χ0v) is 36.1. The largest absolute Gasteiger partial charge is 0.489 e. The molecule has 4 aromatic rings. The lowest BCUT2D eigenvalue weighted by molar-refractivity contribution is -0.137. The molecule has 320 valence electrons. The van der Waals surface area contributed by atoms with Crippen LogP contribution >= 0.6 is 0 Å². The summed E-state index contributed by atoms with van der Waals surface area (Å²) >= 11 is 0. The second kappa shape index (κ2) is 14.7. The van der Waals surface area contributed by atoms with Crippen molar-refractivity contribution in [2.24, 2.45) is 10.8 Å². The summed E-state index contributed by atoms with van der Waals surface area (Å²) < 4.78 is 6.26. The summed E-state index contributed by atoms with van der Waals surface area (Å²) in [6.07, 6.45) is 2.81. The van der Waals surface area contributed by atoms with Crippen molar-refractivity contribution < 1.29 is 23.9 Å². The smallest absolute Gasteiger partial charge is 0.255 e. The second-order valence-electron chi connectivity index (χ2n) is 19.8. The average molecular weight is 833 g/mol. The Morgan fingerprint density at radius 2 is 1.58 bits per heavy atom. The number of rotatable bonds is 6. The summed E-state index contributed by atoms with van der Waals surface area (Å²) in [5.74, 6) is 0.684. The van der Waals surface area contributed by atoms with Gasteiger partial charge in [-0.3, -0.25) is 29.4 Å². The van der Waals surface area contributed by atoms with Gasteiger partial charge in [-0.05, 0) is 84.2 Å². The summed E-state index contributed by atoms with van der Waals surface area (Å²) in [6.45, 7) is 13.8. The lowest BCUT2D eigenvalue weighted by Gasteiger charge is -2.46. The molecular weight excluding hydrogens is 777 g/mol. The number of anilines is 2. The van der Waals surface area contributed by atoms with E-state index in [1.807, 2.05) is 17.0 Å². The number of carbonyl (C=O) groups excluding carboxylic acids is 4. The fourth-order valence-corrected chi connectivity index (χ4v) is 12.4. The maximum atomic E-state index is 14.0. The van der Waals surface area contributed by atoms with E-state index in [2.05, 4.69) is 114 Å². The van der Waals surface area contributed by atoms with Gasteiger partial charge in [-0.1, -0.05) is 80.1 Å². The number of piperidine rings is 1. The van der Waals surface area contributed by atoms with Crippen LogP contribution < -0.4 is 19.9 Å². The van der Waals surface area contributed by atoms with Crippen LogP contribution in [0, 0.1) is 17.8 Å². The highest BCUT2D eigenvalue weighted by atomic mass is 16.5. The molecule has 1 unspecified atom stereocenters. The molecule has 0 aromatic heterocycles. The molecule has 4 saturated heterocycles. The number of benzene rings is 4. The fraction of sp³-hybridized carbons (Fsp3) is 0.451. The van der Waals surface area contributed by atoms with Crippen LogP contribution in [0.1, 0.15) is 88.7 Å². The molecule has 11 nitrogen and oxygen atoms in total. The first-order valence-electron chi connectivity index (χ1n) is 22.6. The molecule has 0 bridgehead atoms. The Hall–Kier alpha value is -5.68. The number of likely N-dealkylation sites (tertiary alicyclic amines) is 1. The van der Waals surface area contributed by atoms with Crippen molar-refractivity contribution >= 4 is 35.0 Å². The van der Waals surface area contributed by atoms with Gasteiger partial charge >= 0.3 is 0 Å². The van der Waals surface area contributed by atoms with Crippen molar-refractivity contribution in [3.63, 3.8) is 0 Å². The first-order chi connectivity index (χ1) is 29.9. The van der Waals surface area contributed by atoms with E-state index >= 15 is 0 Å². The van der Waals surface area contributed by atoms with Gasteiger partial charge in [0, 0.05) is 86.8 Å². The zero-order chi connectivity index (χ0) is 42.5. The monoisotopic (exact) mass is 832 g/mol. The highest BCUT2D eigenvalue weighted by molar-refractivity contribution is 6.06. The average Bonchev–Trinajstić information content (AvgIpc) is 3.81. The van der Waals surface area contributed by atoms with Crippen LogP contribution in [0.15, 0.2) is 84.9 Å². The third-order valence-corrected chi connectivity index (χ3v) is 15.8. The van der Waals surface area contributed by atoms with Gasteiger partial charge in [-0.15, -0.1) is 0 Å². The Kier molecular flexibility index (Phi) is 9.30. The highest BCUT2D eigenvalue weighted by Gasteiger charge is 2.58. The van der Waals surface area contributed by atoms with E-state index in [0.717, 1.165) is 50.3 Å². The van der Waals surface area contributed by atoms with Crippen LogP contribution in [-0.2, 0) is 27.3 Å². The molecule has 0 radical (unpaired) electrons. The van der Waals surface area contributed by atoms with Crippen LogP contribution in [0.3, 0.4) is 0 Å². The number of imide groups is 1. The molecule has 4 amide bonds. The summed E-state index contributed by atoms with van der Waals surface area (Å²) in [5, 5.41) is 2.38. The molecule has 6 atom stereocenters. The number of fused-ring (bicyclic) bond motifs is 6. The van der Waals surface area contributed by atoms with Crippen LogP contribution in [-0.4, -0.2) is 109 Å². The number of nitrogens with one attached hydrogen (secondary N) is 1. The van der Waals surface area contributed by atoms with Crippen molar-refractivity contribution in [1.82, 2.24) is 20.0 Å². The van der Waals surface area contributed by atoms with E-state index in [9.17, 15) is 19.2 Å². The van der Waals surface area contributed by atoms with E-state index in [-0.39, 0.29) is 41.0 Å². The van der Waals surface area contributed by atoms with E-state index in [1.165, 1.54) is 33.5 Å². The summed E-state index contributed by atoms with van der Waals surface area (Å²) in [5.41, 5.74) is 10.8. The molecule has 62 heavy (non-hydrogen) atoms. The Labute approximate surface area is 364 Å². The minimum absolute atomic E-state index is 0.0100. The number of hydrogen-bond donors (Lipinski definition) is 1. The van der Waals surface area contributed by atoms with Crippen molar-refractivity contribution in [3.05, 3.63) is 124 Å². The van der Waals surface area contributed by atoms with Crippen LogP contribution in [0.25, 0.3) is 0 Å². The van der Waals surface area contributed by atoms with Gasteiger partial charge in [-0.25, -0.2) is 0 Å². The van der Waals surface area contributed by atoms with Gasteiger partial charge in [-0.2, -0.15) is 0 Å². The van der Waals surface area contributed by atoms with Crippen molar-refractivity contribution in [1.29, 1.82) is 0 Å². The number of aryl methyl sites for hydroxylation is 2. The summed E-state index contributed by atoms with van der Waals surface area (Å²) in [4.78, 5) is 62.6. The SMILES string of the molecule is Cc1ccc2c(c1)CC[C@H](c1ccccc1)[C@@H]2c1ccc(N2C[C@]3(C)CN(CC(=O)N4CCN5c6cc7c(cc6OC[C@@H]5C4)C(=O)N(C4CCC(=O)NC4=O)C7)C[C@]3(C)C2)cc1. The summed E-state index contributed by atoms with van der Waals surface area (Å²) in [6, 6.07) is 30.8. The lowest BCUT2D eigenvalue weighted by atomic mass is 9.69. The fourth-order valence-electron chi connectivity index (χ4n) is 12.4. The minimum Gasteiger partial charge on any atom is -0.489 e. The van der Waals surface area contributed by atoms with E-state index in [4.69, 9.17) is 4.74 Å². The van der Waals surface area contributed by atoms with E-state index < -0.39 is 11.9 Å². The number of hydrogen-bond acceptors (Lipinski definition) is 8. The van der Waals surface area contributed by atoms with Gasteiger partial charge in [0.05, 0.1) is 18.3 Å². The molecule has 4 aromatic carbocycles. The third kappa shape index (κ3) is 6.48. The molecule has 6 aliphatic heterocycles. The minimum atomic E-state index is -0.659. The Morgan fingerprint density at radius 3 is 2.34 bits per heavy atom. The Morgan fingerprint density at radius 1 is 0.806 bits per heavy atom. The summed E-state index contributed by atoms with van der Waals surface area (Å²) in [7, 11) is 0. The molecular formula is C51H56N6O5. The van der Waals surface area contributed by atoms with Crippen molar-refractivity contribution in [2.75, 3.05) is 68.8 Å². The molecule has 0 spiro atoms. The molecule has 11 rings (SSSR count). The highest BCUT2D eigenvalue weighted by Crippen LogP contribution is 2.53. The van der Waals surface area contributed by atoms with Crippen LogP contribution in [0.4, 0.5) is 11.4 Å². The van der Waals surface area contributed by atoms with Gasteiger partial charge in [0.1, 0.15) is 18.4 Å². The number of nitrogens with zero attached hydrogens (tertiary/aromatic N) is 5. The normalized spacial score (nSPS) is 29.1. The molecule has 1 N–H and O–H groups in total. The molecule has 6 heterocycles. The molecule has 7 aliphatic rings. The maximum absolute atomic E-state index is 14.0. The topological polar surface area (TPSA) is 106 Å². The van der Waals surface area contributed by atoms with Crippen molar-refractivity contribution in [2.45, 2.75) is 76.9 Å². The second-order valence-corrected chi connectivity index (χ2v) is 19.8. The van der Waals surface area contributed by atoms with Gasteiger partial charge < -0.3 is 24.3 Å². The van der Waals surface area contributed by atoms with E-state index in [1.54, 1.807) is 4.90 Å². The number of piperazine rings is 1. The van der Waals surface area contributed by atoms with Gasteiger partial charge in [0.2, 0.25) is 17.7 Å². The van der Waals surface area contributed by atoms with Gasteiger partial charge in [0.25, 0.3) is 5.91 Å². The standard InChI is InChI=1S/C51H56N6O5/c1-32-9-15-40-35(21-32)12-16-39(33-7-5-4-6-8-33)47(40)34-10-13-37(14-11-34)55-30-50(2)28-53(29-51(50,3)31-55)26-46(59)54-19-20-56-38(25-54)27-62-44-23-41-36(22-43(44)56)24-57(49(41)61)42-17-18-45(58)52-48(42)60/h4-11,13-15,21-23,38-39,42,47H,12,16-20,24-31H2,1-3H3,(H,52,58,60)/t38-,39+,42?,47-,50-,51+/m0/s1. The number of amides is 4. The first-order valence-corrected chi connectivity index (χ1v) is 22.6. The molecule has 0 saturated carbocycles.